The van der Waals surface area contributed by atoms with Gasteiger partial charge >= 0.3 is 0 Å². The Morgan fingerprint density at radius 1 is 1.20 bits per heavy atom. The van der Waals surface area contributed by atoms with E-state index in [0.29, 0.717) is 17.6 Å². The van der Waals surface area contributed by atoms with Gasteiger partial charge in [0.25, 0.3) is 0 Å². The van der Waals surface area contributed by atoms with Crippen LogP contribution < -0.4 is 4.74 Å². The summed E-state index contributed by atoms with van der Waals surface area (Å²) < 4.78 is 32.4. The molecule has 1 aromatic rings. The molecule has 3 rings (SSSR count). The summed E-state index contributed by atoms with van der Waals surface area (Å²) in [5.41, 5.74) is 1.70. The fourth-order valence-corrected chi connectivity index (χ4v) is 3.40. The van der Waals surface area contributed by atoms with Crippen LogP contribution in [0.1, 0.15) is 31.2 Å². The molecular weight excluding hydrogens is 260 g/mol. The van der Waals surface area contributed by atoms with E-state index in [0.717, 1.165) is 24.8 Å². The van der Waals surface area contributed by atoms with Crippen molar-refractivity contribution in [3.8, 4) is 5.75 Å². The average molecular weight is 279 g/mol. The summed E-state index contributed by atoms with van der Waals surface area (Å²) in [6.45, 7) is 0. The third-order valence-corrected chi connectivity index (χ3v) is 4.56. The van der Waals surface area contributed by atoms with Crippen molar-refractivity contribution in [2.24, 2.45) is 0 Å². The lowest BCUT2D eigenvalue weighted by Crippen LogP contribution is -2.45. The minimum absolute atomic E-state index is 0.303. The Kier molecular flexibility index (Phi) is 3.50. The molecule has 0 aromatic heterocycles. The molecule has 4 heteroatoms. The number of piperidine rings is 1. The summed E-state index contributed by atoms with van der Waals surface area (Å²) in [5.74, 6) is -1.57. The van der Waals surface area contributed by atoms with Gasteiger partial charge in [-0.3, -0.25) is 4.90 Å². The number of methoxy groups -OCH3 is 1. The second kappa shape index (κ2) is 5.17. The van der Waals surface area contributed by atoms with Crippen LogP contribution in [0.15, 0.2) is 18.2 Å². The number of ether oxygens (including phenoxy) is 1. The second-order valence-corrected chi connectivity index (χ2v) is 5.69. The molecule has 2 aliphatic rings. The van der Waals surface area contributed by atoms with Gasteiger partial charge in [0.05, 0.1) is 7.11 Å². The van der Waals surface area contributed by atoms with E-state index in [1.165, 1.54) is 25.7 Å². The van der Waals surface area contributed by atoms with Gasteiger partial charge in [-0.25, -0.2) is 8.78 Å². The number of rotatable bonds is 2. The third-order valence-electron chi connectivity index (χ3n) is 4.56. The van der Waals surface area contributed by atoms with E-state index in [9.17, 15) is 8.78 Å². The summed E-state index contributed by atoms with van der Waals surface area (Å²) in [7, 11) is 3.41. The van der Waals surface area contributed by atoms with E-state index in [1.54, 1.807) is 0 Å². The first-order valence-corrected chi connectivity index (χ1v) is 7.06. The molecule has 0 N–H and O–H groups in total. The fraction of sp³-hybridized carbons (Fsp3) is 0.500. The number of benzene rings is 1. The van der Waals surface area contributed by atoms with Gasteiger partial charge in [0.15, 0.2) is 17.4 Å². The highest BCUT2D eigenvalue weighted by molar-refractivity contribution is 5.68. The third kappa shape index (κ3) is 2.22. The molecule has 2 heterocycles. The highest BCUT2D eigenvalue weighted by Crippen LogP contribution is 2.37. The van der Waals surface area contributed by atoms with E-state index < -0.39 is 11.6 Å². The topological polar surface area (TPSA) is 12.5 Å². The van der Waals surface area contributed by atoms with Crippen LogP contribution in [0.4, 0.5) is 8.78 Å². The average Bonchev–Trinajstić information content (AvgIpc) is 2.37. The van der Waals surface area contributed by atoms with Crippen molar-refractivity contribution < 1.29 is 13.5 Å². The monoisotopic (exact) mass is 279 g/mol. The Morgan fingerprint density at radius 2 is 1.90 bits per heavy atom. The molecule has 0 aliphatic carbocycles. The molecule has 2 nitrogen and oxygen atoms in total. The molecule has 1 saturated heterocycles. The summed E-state index contributed by atoms with van der Waals surface area (Å²) >= 11 is 0. The molecule has 2 atom stereocenters. The quantitative estimate of drug-likeness (QED) is 0.820. The molecule has 1 fully saturated rings. The summed E-state index contributed by atoms with van der Waals surface area (Å²) in [6.07, 6.45) is 6.53. The molecule has 2 aliphatic heterocycles. The number of nitrogens with zero attached hydrogens (tertiary/aromatic N) is 1. The van der Waals surface area contributed by atoms with Gasteiger partial charge < -0.3 is 4.74 Å². The van der Waals surface area contributed by atoms with E-state index in [2.05, 4.69) is 18.0 Å². The zero-order chi connectivity index (χ0) is 14.3. The first-order valence-electron chi connectivity index (χ1n) is 7.06. The lowest BCUT2D eigenvalue weighted by atomic mass is 9.83. The largest absolute Gasteiger partial charge is 0.491 e. The van der Waals surface area contributed by atoms with Crippen LogP contribution in [0.5, 0.6) is 5.75 Å². The molecule has 20 heavy (non-hydrogen) atoms. The highest BCUT2D eigenvalue weighted by Gasteiger charge is 2.31. The Morgan fingerprint density at radius 3 is 2.50 bits per heavy atom. The number of hydrogen-bond acceptors (Lipinski definition) is 2. The van der Waals surface area contributed by atoms with Crippen LogP contribution in [0.3, 0.4) is 0 Å². The van der Waals surface area contributed by atoms with Gasteiger partial charge in [-0.1, -0.05) is 12.5 Å². The number of halogens is 2. The van der Waals surface area contributed by atoms with Crippen LogP contribution >= 0.6 is 0 Å². The molecule has 2 bridgehead atoms. The van der Waals surface area contributed by atoms with Crippen molar-refractivity contribution in [3.63, 3.8) is 0 Å². The minimum atomic E-state index is -0.632. The van der Waals surface area contributed by atoms with Crippen molar-refractivity contribution in [2.45, 2.75) is 37.8 Å². The fourth-order valence-electron chi connectivity index (χ4n) is 3.40. The van der Waals surface area contributed by atoms with Crippen molar-refractivity contribution in [1.29, 1.82) is 0 Å². The van der Waals surface area contributed by atoms with Gasteiger partial charge in [-0.2, -0.15) is 0 Å². The maximum absolute atomic E-state index is 13.8. The van der Waals surface area contributed by atoms with Gasteiger partial charge in [0.1, 0.15) is 0 Å². The molecule has 0 saturated carbocycles. The van der Waals surface area contributed by atoms with Crippen molar-refractivity contribution >= 4 is 5.57 Å². The van der Waals surface area contributed by atoms with Crippen LogP contribution in [0, 0.1) is 11.6 Å². The van der Waals surface area contributed by atoms with Crippen molar-refractivity contribution in [1.82, 2.24) is 4.90 Å². The zero-order valence-corrected chi connectivity index (χ0v) is 11.8. The second-order valence-electron chi connectivity index (χ2n) is 5.69. The lowest BCUT2D eigenvalue weighted by molar-refractivity contribution is 0.137. The Hall–Kier alpha value is -1.42. The zero-order valence-electron chi connectivity index (χ0n) is 11.8. The smallest absolute Gasteiger partial charge is 0.190 e. The van der Waals surface area contributed by atoms with Crippen LogP contribution in [-0.4, -0.2) is 31.1 Å². The molecule has 0 amide bonds. The minimum Gasteiger partial charge on any atom is -0.491 e. The van der Waals surface area contributed by atoms with E-state index in [4.69, 9.17) is 4.74 Å². The Bertz CT molecular complexity index is 532. The van der Waals surface area contributed by atoms with Gasteiger partial charge in [0.2, 0.25) is 0 Å². The number of hydrogen-bond donors (Lipinski definition) is 0. The summed E-state index contributed by atoms with van der Waals surface area (Å²) in [5, 5.41) is 0. The van der Waals surface area contributed by atoms with Crippen LogP contribution in [-0.2, 0) is 0 Å². The maximum Gasteiger partial charge on any atom is 0.190 e. The van der Waals surface area contributed by atoms with Gasteiger partial charge in [-0.15, -0.1) is 0 Å². The first kappa shape index (κ1) is 13.6. The first-order chi connectivity index (χ1) is 9.60. The maximum atomic E-state index is 13.8. The van der Waals surface area contributed by atoms with E-state index >= 15 is 0 Å². The van der Waals surface area contributed by atoms with Crippen molar-refractivity contribution in [2.75, 3.05) is 14.2 Å². The lowest BCUT2D eigenvalue weighted by Gasteiger charge is -2.42. The van der Waals surface area contributed by atoms with Gasteiger partial charge in [-0.05, 0) is 49.6 Å². The number of likely N-dealkylation sites (N-methyl/N-ethyl adjacent to an activating group) is 1. The number of fused-ring (bicyclic) bond motifs is 2. The molecule has 0 radical (unpaired) electrons. The normalized spacial score (nSPS) is 26.3. The molecule has 1 aromatic carbocycles. The standard InChI is InChI=1S/C16H19F2NO/c1-19-12-4-3-5-13(19)7-10(6-12)11-8-14(17)16(20-2)15(18)9-11/h6,8-9,12-13H,3-5,7H2,1-2H3. The predicted molar refractivity (Wildman–Crippen MR) is 74.7 cm³/mol. The molecular formula is C16H19F2NO. The van der Waals surface area contributed by atoms with E-state index in [-0.39, 0.29) is 5.75 Å². The van der Waals surface area contributed by atoms with Crippen molar-refractivity contribution in [3.05, 3.63) is 35.4 Å². The van der Waals surface area contributed by atoms with Crippen LogP contribution in [0.2, 0.25) is 0 Å². The van der Waals surface area contributed by atoms with Gasteiger partial charge in [0, 0.05) is 12.1 Å². The predicted octanol–water partition coefficient (Wildman–Crippen LogP) is 3.61. The van der Waals surface area contributed by atoms with E-state index in [1.807, 2.05) is 0 Å². The molecule has 0 spiro atoms. The van der Waals surface area contributed by atoms with Crippen LogP contribution in [0.25, 0.3) is 5.57 Å². The Balaban J connectivity index is 1.98. The molecule has 2 unspecified atom stereocenters. The molecule has 108 valence electrons. The Labute approximate surface area is 118 Å². The SMILES string of the molecule is COc1c(F)cc(C2=CC3CCCC(C2)N3C)cc1F. The summed E-state index contributed by atoms with van der Waals surface area (Å²) in [4.78, 5) is 2.38. The summed E-state index contributed by atoms with van der Waals surface area (Å²) in [6, 6.07) is 3.65. The highest BCUT2D eigenvalue weighted by atomic mass is 19.1.